The lowest BCUT2D eigenvalue weighted by molar-refractivity contribution is 0.0370. The van der Waals surface area contributed by atoms with Crippen molar-refractivity contribution in [3.8, 4) is 0 Å². The van der Waals surface area contributed by atoms with Crippen LogP contribution in [0.4, 0.5) is 0 Å². The van der Waals surface area contributed by atoms with Crippen molar-refractivity contribution in [2.45, 2.75) is 45.1 Å². The lowest BCUT2D eigenvalue weighted by Crippen LogP contribution is -2.29. The molecule has 2 nitrogen and oxygen atoms in total. The van der Waals surface area contributed by atoms with E-state index in [1.54, 1.807) is 6.20 Å². The number of halogens is 1. The molecule has 1 aromatic rings. The van der Waals surface area contributed by atoms with E-state index in [2.05, 4.69) is 34.8 Å². The van der Waals surface area contributed by atoms with E-state index >= 15 is 0 Å². The molecule has 0 radical (unpaired) electrons. The Hall–Kier alpha value is -0.410. The average Bonchev–Trinajstić information content (AvgIpc) is 2.45. The molecule has 1 unspecified atom stereocenters. The standard InChI is InChI=1S/C13H18BrNO/c1-12(2)5-6-13(16,9-12)7-11-4-3-10(14)8-15-11/h3-4,8,16H,5-7,9H2,1-2H3. The lowest BCUT2D eigenvalue weighted by Gasteiger charge is -2.24. The molecule has 2 rings (SSSR count). The first-order valence-corrected chi connectivity index (χ1v) is 6.51. The predicted octanol–water partition coefficient (Wildman–Crippen LogP) is 3.33. The predicted molar refractivity (Wildman–Crippen MR) is 68.2 cm³/mol. The van der Waals surface area contributed by atoms with E-state index in [1.807, 2.05) is 12.1 Å². The van der Waals surface area contributed by atoms with Crippen LogP contribution in [0.5, 0.6) is 0 Å². The zero-order valence-electron chi connectivity index (χ0n) is 9.83. The van der Waals surface area contributed by atoms with Gasteiger partial charge in [0, 0.05) is 22.8 Å². The Bertz CT molecular complexity index is 374. The summed E-state index contributed by atoms with van der Waals surface area (Å²) in [6.07, 6.45) is 5.32. The first-order chi connectivity index (χ1) is 7.39. The van der Waals surface area contributed by atoms with E-state index in [4.69, 9.17) is 0 Å². The van der Waals surface area contributed by atoms with Gasteiger partial charge in [-0.1, -0.05) is 13.8 Å². The number of nitrogens with zero attached hydrogens (tertiary/aromatic N) is 1. The molecule has 0 bridgehead atoms. The second-order valence-electron chi connectivity index (χ2n) is 5.71. The van der Waals surface area contributed by atoms with Gasteiger partial charge in [0.05, 0.1) is 5.60 Å². The van der Waals surface area contributed by atoms with Crippen molar-refractivity contribution >= 4 is 15.9 Å². The quantitative estimate of drug-likeness (QED) is 0.903. The third-order valence-electron chi connectivity index (χ3n) is 3.37. The number of hydrogen-bond donors (Lipinski definition) is 1. The fraction of sp³-hybridized carbons (Fsp3) is 0.615. The van der Waals surface area contributed by atoms with Gasteiger partial charge in [0.2, 0.25) is 0 Å². The average molecular weight is 284 g/mol. The molecular weight excluding hydrogens is 266 g/mol. The maximum Gasteiger partial charge on any atom is 0.0708 e. The molecule has 0 aliphatic heterocycles. The Kier molecular flexibility index (Phi) is 3.10. The highest BCUT2D eigenvalue weighted by molar-refractivity contribution is 9.10. The fourth-order valence-electron chi connectivity index (χ4n) is 2.64. The summed E-state index contributed by atoms with van der Waals surface area (Å²) in [6.45, 7) is 4.44. The molecule has 3 heteroatoms. The van der Waals surface area contributed by atoms with Gasteiger partial charge in [0.1, 0.15) is 0 Å². The SMILES string of the molecule is CC1(C)CCC(O)(Cc2ccc(Br)cn2)C1. The van der Waals surface area contributed by atoms with Crippen LogP contribution >= 0.6 is 15.9 Å². The minimum Gasteiger partial charge on any atom is -0.389 e. The van der Waals surface area contributed by atoms with Crippen LogP contribution in [0.15, 0.2) is 22.8 Å². The highest BCUT2D eigenvalue weighted by Crippen LogP contribution is 2.44. The van der Waals surface area contributed by atoms with E-state index < -0.39 is 5.60 Å². The van der Waals surface area contributed by atoms with Crippen molar-refractivity contribution < 1.29 is 5.11 Å². The number of rotatable bonds is 2. The molecule has 0 aromatic carbocycles. The van der Waals surface area contributed by atoms with Crippen molar-refractivity contribution in [3.05, 3.63) is 28.5 Å². The molecule has 1 heterocycles. The third kappa shape index (κ3) is 2.83. The minimum absolute atomic E-state index is 0.268. The van der Waals surface area contributed by atoms with E-state index in [-0.39, 0.29) is 5.41 Å². The molecular formula is C13H18BrNO. The van der Waals surface area contributed by atoms with Gasteiger partial charge in [-0.25, -0.2) is 0 Å². The zero-order chi connectivity index (χ0) is 11.8. The Morgan fingerprint density at radius 1 is 1.38 bits per heavy atom. The van der Waals surface area contributed by atoms with Crippen LogP contribution in [-0.2, 0) is 6.42 Å². The van der Waals surface area contributed by atoms with E-state index in [0.29, 0.717) is 6.42 Å². The van der Waals surface area contributed by atoms with Crippen molar-refractivity contribution in [1.29, 1.82) is 0 Å². The van der Waals surface area contributed by atoms with Gasteiger partial charge in [-0.3, -0.25) is 4.98 Å². The van der Waals surface area contributed by atoms with Gasteiger partial charge in [0.15, 0.2) is 0 Å². The number of pyridine rings is 1. The van der Waals surface area contributed by atoms with Crippen LogP contribution in [0.25, 0.3) is 0 Å². The zero-order valence-corrected chi connectivity index (χ0v) is 11.4. The number of hydrogen-bond acceptors (Lipinski definition) is 2. The molecule has 88 valence electrons. The van der Waals surface area contributed by atoms with Crippen molar-refractivity contribution in [3.63, 3.8) is 0 Å². The van der Waals surface area contributed by atoms with Gasteiger partial charge >= 0.3 is 0 Å². The Labute approximate surface area is 105 Å². The van der Waals surface area contributed by atoms with Gasteiger partial charge in [0.25, 0.3) is 0 Å². The summed E-state index contributed by atoms with van der Waals surface area (Å²) in [5.74, 6) is 0. The molecule has 0 amide bonds. The normalized spacial score (nSPS) is 28.2. The van der Waals surface area contributed by atoms with Crippen LogP contribution in [0, 0.1) is 5.41 Å². The monoisotopic (exact) mass is 283 g/mol. The fourth-order valence-corrected chi connectivity index (χ4v) is 2.87. The summed E-state index contributed by atoms with van der Waals surface area (Å²) >= 11 is 3.36. The summed E-state index contributed by atoms with van der Waals surface area (Å²) in [7, 11) is 0. The summed E-state index contributed by atoms with van der Waals surface area (Å²) < 4.78 is 0.981. The third-order valence-corrected chi connectivity index (χ3v) is 3.84. The molecule has 1 N–H and O–H groups in total. The summed E-state index contributed by atoms with van der Waals surface area (Å²) in [5, 5.41) is 10.5. The molecule has 1 aliphatic carbocycles. The van der Waals surface area contributed by atoms with E-state index in [0.717, 1.165) is 29.4 Å². The van der Waals surface area contributed by atoms with E-state index in [1.165, 1.54) is 0 Å². The van der Waals surface area contributed by atoms with E-state index in [9.17, 15) is 5.11 Å². The Balaban J connectivity index is 2.07. The van der Waals surface area contributed by atoms with Crippen LogP contribution in [-0.4, -0.2) is 15.7 Å². The summed E-state index contributed by atoms with van der Waals surface area (Å²) in [5.41, 5.74) is 0.692. The second kappa shape index (κ2) is 4.11. The van der Waals surface area contributed by atoms with Gasteiger partial charge in [-0.15, -0.1) is 0 Å². The first kappa shape index (κ1) is 12.1. The minimum atomic E-state index is -0.551. The first-order valence-electron chi connectivity index (χ1n) is 5.72. The molecule has 1 aromatic heterocycles. The molecule has 16 heavy (non-hydrogen) atoms. The maximum absolute atomic E-state index is 10.5. The highest BCUT2D eigenvalue weighted by atomic mass is 79.9. The number of aliphatic hydroxyl groups is 1. The molecule has 0 saturated heterocycles. The van der Waals surface area contributed by atoms with Gasteiger partial charge in [-0.2, -0.15) is 0 Å². The molecule has 1 aliphatic rings. The van der Waals surface area contributed by atoms with Crippen LogP contribution < -0.4 is 0 Å². The molecule has 1 saturated carbocycles. The summed E-state index contributed by atoms with van der Waals surface area (Å²) in [4.78, 5) is 4.33. The van der Waals surface area contributed by atoms with Gasteiger partial charge in [-0.05, 0) is 52.7 Å². The number of aromatic nitrogens is 1. The second-order valence-corrected chi connectivity index (χ2v) is 6.63. The Morgan fingerprint density at radius 2 is 2.12 bits per heavy atom. The highest BCUT2D eigenvalue weighted by Gasteiger charge is 2.41. The van der Waals surface area contributed by atoms with Crippen molar-refractivity contribution in [2.75, 3.05) is 0 Å². The van der Waals surface area contributed by atoms with Gasteiger partial charge < -0.3 is 5.11 Å². The largest absolute Gasteiger partial charge is 0.389 e. The van der Waals surface area contributed by atoms with Crippen LogP contribution in [0.1, 0.15) is 38.8 Å². The van der Waals surface area contributed by atoms with Crippen LogP contribution in [0.3, 0.4) is 0 Å². The molecule has 1 atom stereocenters. The summed E-state index contributed by atoms with van der Waals surface area (Å²) in [6, 6.07) is 3.96. The van der Waals surface area contributed by atoms with Crippen molar-refractivity contribution in [2.24, 2.45) is 5.41 Å². The maximum atomic E-state index is 10.5. The van der Waals surface area contributed by atoms with Crippen molar-refractivity contribution in [1.82, 2.24) is 4.98 Å². The topological polar surface area (TPSA) is 33.1 Å². The Morgan fingerprint density at radius 3 is 2.62 bits per heavy atom. The molecule has 1 fully saturated rings. The smallest absolute Gasteiger partial charge is 0.0708 e. The lowest BCUT2D eigenvalue weighted by atomic mass is 9.87. The van der Waals surface area contributed by atoms with Crippen LogP contribution in [0.2, 0.25) is 0 Å². The molecule has 0 spiro atoms.